The molecule has 1 aromatic carbocycles. The molecule has 2 aliphatic rings. The quantitative estimate of drug-likeness (QED) is 0.801. The van der Waals surface area contributed by atoms with Crippen molar-refractivity contribution in [1.29, 1.82) is 0 Å². The van der Waals surface area contributed by atoms with Gasteiger partial charge in [-0.3, -0.25) is 9.69 Å². The number of benzene rings is 1. The predicted molar refractivity (Wildman–Crippen MR) is 84.4 cm³/mol. The molecule has 1 aromatic heterocycles. The van der Waals surface area contributed by atoms with Crippen LogP contribution >= 0.6 is 0 Å². The highest BCUT2D eigenvalue weighted by Gasteiger charge is 2.29. The molecule has 6 heteroatoms. The van der Waals surface area contributed by atoms with Gasteiger partial charge in [0, 0.05) is 38.0 Å². The van der Waals surface area contributed by atoms with Gasteiger partial charge in [-0.1, -0.05) is 0 Å². The van der Waals surface area contributed by atoms with Gasteiger partial charge in [-0.05, 0) is 30.5 Å². The summed E-state index contributed by atoms with van der Waals surface area (Å²) in [5.41, 5.74) is 2.46. The second-order valence-electron chi connectivity index (χ2n) is 6.47. The van der Waals surface area contributed by atoms with Crippen LogP contribution in [0, 0.1) is 0 Å². The molecule has 0 saturated heterocycles. The van der Waals surface area contributed by atoms with Crippen molar-refractivity contribution >= 4 is 0 Å². The summed E-state index contributed by atoms with van der Waals surface area (Å²) in [6.07, 6.45) is 2.99. The number of hydrogen-bond donors (Lipinski definition) is 3. The maximum Gasteiger partial charge on any atom is 0.255 e. The molecule has 0 radical (unpaired) electrons. The number of aromatic hydroxyl groups is 2. The Morgan fingerprint density at radius 1 is 1.22 bits per heavy atom. The Labute approximate surface area is 133 Å². The van der Waals surface area contributed by atoms with E-state index in [0.29, 0.717) is 19.0 Å². The van der Waals surface area contributed by atoms with E-state index in [9.17, 15) is 15.0 Å². The van der Waals surface area contributed by atoms with Gasteiger partial charge in [0.05, 0.1) is 11.3 Å². The molecule has 0 unspecified atom stereocenters. The maximum absolute atomic E-state index is 12.3. The zero-order valence-electron chi connectivity index (χ0n) is 12.7. The van der Waals surface area contributed by atoms with Crippen molar-refractivity contribution in [3.05, 3.63) is 51.2 Å². The zero-order valence-corrected chi connectivity index (χ0v) is 12.7. The number of nitrogens with one attached hydrogen (secondary N) is 1. The molecule has 0 bridgehead atoms. The third-order valence-electron chi connectivity index (χ3n) is 4.50. The minimum Gasteiger partial charge on any atom is -0.508 e. The largest absolute Gasteiger partial charge is 0.508 e. The molecule has 6 nitrogen and oxygen atoms in total. The van der Waals surface area contributed by atoms with E-state index in [1.165, 1.54) is 6.07 Å². The fraction of sp³-hybridized carbons (Fsp3) is 0.412. The normalized spacial score (nSPS) is 17.9. The van der Waals surface area contributed by atoms with E-state index in [0.717, 1.165) is 48.5 Å². The first-order chi connectivity index (χ1) is 11.1. The number of phenolic OH excluding ortho intramolecular Hbond substituents is 2. The van der Waals surface area contributed by atoms with Gasteiger partial charge in [-0.2, -0.15) is 0 Å². The Kier molecular flexibility index (Phi) is 3.34. The van der Waals surface area contributed by atoms with E-state index >= 15 is 0 Å². The van der Waals surface area contributed by atoms with Crippen LogP contribution in [0.5, 0.6) is 11.5 Å². The molecule has 120 valence electrons. The molecule has 1 aliphatic heterocycles. The monoisotopic (exact) mass is 313 g/mol. The van der Waals surface area contributed by atoms with Crippen molar-refractivity contribution in [2.75, 3.05) is 6.54 Å². The molecule has 0 spiro atoms. The summed E-state index contributed by atoms with van der Waals surface area (Å²) in [4.78, 5) is 22.0. The third kappa shape index (κ3) is 2.94. The Bertz CT molecular complexity index is 791. The summed E-state index contributed by atoms with van der Waals surface area (Å²) in [5, 5.41) is 19.1. The van der Waals surface area contributed by atoms with Gasteiger partial charge in [0.25, 0.3) is 5.56 Å². The fourth-order valence-corrected chi connectivity index (χ4v) is 3.19. The number of nitrogens with zero attached hydrogens (tertiary/aromatic N) is 2. The third-order valence-corrected chi connectivity index (χ3v) is 4.50. The highest BCUT2D eigenvalue weighted by Crippen LogP contribution is 2.37. The number of aromatic amines is 1. The molecular weight excluding hydrogens is 294 g/mol. The van der Waals surface area contributed by atoms with Gasteiger partial charge in [0.2, 0.25) is 0 Å². The number of aromatic nitrogens is 2. The van der Waals surface area contributed by atoms with Crippen LogP contribution in [0.15, 0.2) is 23.0 Å². The topological polar surface area (TPSA) is 89.5 Å². The summed E-state index contributed by atoms with van der Waals surface area (Å²) in [7, 11) is 0. The van der Waals surface area contributed by atoms with Gasteiger partial charge in [-0.15, -0.1) is 0 Å². The summed E-state index contributed by atoms with van der Waals surface area (Å²) >= 11 is 0. The second-order valence-corrected chi connectivity index (χ2v) is 6.47. The molecule has 1 fully saturated rings. The smallest absolute Gasteiger partial charge is 0.255 e. The van der Waals surface area contributed by atoms with E-state index in [-0.39, 0.29) is 17.1 Å². The first-order valence-corrected chi connectivity index (χ1v) is 7.95. The lowest BCUT2D eigenvalue weighted by atomic mass is 10.1. The highest BCUT2D eigenvalue weighted by atomic mass is 16.3. The minimum atomic E-state index is -0.0274. The molecule has 4 rings (SSSR count). The van der Waals surface area contributed by atoms with Crippen molar-refractivity contribution in [3.63, 3.8) is 0 Å². The number of rotatable bonds is 3. The number of H-pyrrole nitrogens is 1. The van der Waals surface area contributed by atoms with Crippen molar-refractivity contribution in [2.24, 2.45) is 0 Å². The lowest BCUT2D eigenvalue weighted by molar-refractivity contribution is 0.241. The van der Waals surface area contributed by atoms with Gasteiger partial charge in [0.15, 0.2) is 0 Å². The van der Waals surface area contributed by atoms with E-state index in [2.05, 4.69) is 14.9 Å². The lowest BCUT2D eigenvalue weighted by Crippen LogP contribution is -2.35. The van der Waals surface area contributed by atoms with E-state index < -0.39 is 0 Å². The molecule has 1 saturated carbocycles. The first kappa shape index (κ1) is 14.3. The van der Waals surface area contributed by atoms with Crippen LogP contribution < -0.4 is 5.56 Å². The summed E-state index contributed by atoms with van der Waals surface area (Å²) in [5.74, 6) is 1.39. The van der Waals surface area contributed by atoms with Crippen LogP contribution in [0.1, 0.15) is 41.4 Å². The van der Waals surface area contributed by atoms with Crippen LogP contribution in [0.4, 0.5) is 0 Å². The molecule has 23 heavy (non-hydrogen) atoms. The van der Waals surface area contributed by atoms with Crippen LogP contribution in [-0.4, -0.2) is 31.6 Å². The second kappa shape index (κ2) is 5.38. The van der Waals surface area contributed by atoms with Crippen molar-refractivity contribution < 1.29 is 10.2 Å². The molecule has 2 heterocycles. The summed E-state index contributed by atoms with van der Waals surface area (Å²) < 4.78 is 0. The molecule has 0 atom stereocenters. The number of hydrogen-bond acceptors (Lipinski definition) is 5. The molecule has 0 amide bonds. The van der Waals surface area contributed by atoms with E-state index in [1.54, 1.807) is 12.1 Å². The fourth-order valence-electron chi connectivity index (χ4n) is 3.19. The number of fused-ring (bicyclic) bond motifs is 1. The Morgan fingerprint density at radius 3 is 2.65 bits per heavy atom. The minimum absolute atomic E-state index is 0.0274. The SMILES string of the molecule is O=c1[nH]c(C2CC2)nc2c1CN(Cc1cc(O)cc(O)c1)CC2. The highest BCUT2D eigenvalue weighted by molar-refractivity contribution is 5.36. The first-order valence-electron chi connectivity index (χ1n) is 7.95. The zero-order chi connectivity index (χ0) is 16.0. The van der Waals surface area contributed by atoms with Crippen molar-refractivity contribution in [1.82, 2.24) is 14.9 Å². The molecule has 3 N–H and O–H groups in total. The molecule has 1 aliphatic carbocycles. The maximum atomic E-state index is 12.3. The summed E-state index contributed by atoms with van der Waals surface area (Å²) in [6, 6.07) is 4.57. The number of phenols is 2. The lowest BCUT2D eigenvalue weighted by Gasteiger charge is -2.27. The van der Waals surface area contributed by atoms with Crippen LogP contribution in [-0.2, 0) is 19.5 Å². The van der Waals surface area contributed by atoms with Gasteiger partial charge < -0.3 is 15.2 Å². The Balaban J connectivity index is 1.55. The van der Waals surface area contributed by atoms with Crippen LogP contribution in [0.25, 0.3) is 0 Å². The Morgan fingerprint density at radius 2 is 1.96 bits per heavy atom. The molecular formula is C17H19N3O3. The van der Waals surface area contributed by atoms with Crippen LogP contribution in [0.2, 0.25) is 0 Å². The average molecular weight is 313 g/mol. The molecule has 2 aromatic rings. The van der Waals surface area contributed by atoms with Gasteiger partial charge >= 0.3 is 0 Å². The van der Waals surface area contributed by atoms with Gasteiger partial charge in [0.1, 0.15) is 17.3 Å². The van der Waals surface area contributed by atoms with Gasteiger partial charge in [-0.25, -0.2) is 4.98 Å². The predicted octanol–water partition coefficient (Wildman–Crippen LogP) is 1.62. The van der Waals surface area contributed by atoms with E-state index in [4.69, 9.17) is 0 Å². The standard InChI is InChI=1S/C17H19N3O3/c21-12-5-10(6-13(22)7-12)8-20-4-3-15-14(9-20)17(23)19-16(18-15)11-1-2-11/h5-7,11,21-22H,1-4,8-9H2,(H,18,19,23). The van der Waals surface area contributed by atoms with E-state index in [1.807, 2.05) is 0 Å². The van der Waals surface area contributed by atoms with Crippen LogP contribution in [0.3, 0.4) is 0 Å². The average Bonchev–Trinajstić information content (AvgIpc) is 3.31. The summed E-state index contributed by atoms with van der Waals surface area (Å²) in [6.45, 7) is 1.92. The van der Waals surface area contributed by atoms with Crippen molar-refractivity contribution in [2.45, 2.75) is 38.3 Å². The Hall–Kier alpha value is -2.34. The van der Waals surface area contributed by atoms with Crippen molar-refractivity contribution in [3.8, 4) is 11.5 Å².